The zero-order chi connectivity index (χ0) is 19.5. The molecule has 0 saturated heterocycles. The van der Waals surface area contributed by atoms with Crippen molar-refractivity contribution in [1.82, 2.24) is 0 Å². The number of hydrogen-bond acceptors (Lipinski definition) is 2. The monoisotopic (exact) mass is 352 g/mol. The van der Waals surface area contributed by atoms with Gasteiger partial charge >= 0.3 is 0 Å². The molecule has 0 heterocycles. The zero-order valence-electron chi connectivity index (χ0n) is 17.9. The fourth-order valence-electron chi connectivity index (χ4n) is 3.65. The van der Waals surface area contributed by atoms with Gasteiger partial charge in [-0.3, -0.25) is 0 Å². The Bertz CT molecular complexity index is 690. The summed E-state index contributed by atoms with van der Waals surface area (Å²) in [5, 5.41) is 0. The molecule has 2 aromatic carbocycles. The van der Waals surface area contributed by atoms with Crippen LogP contribution < -0.4 is 9.80 Å². The summed E-state index contributed by atoms with van der Waals surface area (Å²) in [6.07, 6.45) is 1.09. The van der Waals surface area contributed by atoms with Crippen LogP contribution in [0.5, 0.6) is 0 Å². The van der Waals surface area contributed by atoms with Gasteiger partial charge in [0, 0.05) is 36.0 Å². The van der Waals surface area contributed by atoms with Gasteiger partial charge in [0.25, 0.3) is 0 Å². The van der Waals surface area contributed by atoms with Crippen molar-refractivity contribution >= 4 is 11.4 Å². The molecule has 0 saturated carbocycles. The Kier molecular flexibility index (Phi) is 6.05. The molecule has 0 N–H and O–H groups in total. The standard InChI is InChI=1S/C24H36N2/c1-19-13-12-14-20(2)22(19)25(8)24(6,7)17-18-26(23(3,4)5)21-15-10-9-11-16-21/h9-16H,17-18H2,1-8H3. The van der Waals surface area contributed by atoms with Crippen LogP contribution in [0.1, 0.15) is 52.2 Å². The summed E-state index contributed by atoms with van der Waals surface area (Å²) in [6, 6.07) is 17.3. The lowest BCUT2D eigenvalue weighted by molar-refractivity contribution is 0.414. The first-order valence-electron chi connectivity index (χ1n) is 9.67. The summed E-state index contributed by atoms with van der Waals surface area (Å²) in [6.45, 7) is 17.0. The second kappa shape index (κ2) is 7.73. The van der Waals surface area contributed by atoms with Gasteiger partial charge < -0.3 is 9.80 Å². The highest BCUT2D eigenvalue weighted by Crippen LogP contribution is 2.32. The van der Waals surface area contributed by atoms with Crippen LogP contribution in [0, 0.1) is 13.8 Å². The number of benzene rings is 2. The van der Waals surface area contributed by atoms with Crippen molar-refractivity contribution in [2.24, 2.45) is 0 Å². The maximum absolute atomic E-state index is 2.52. The first kappa shape index (κ1) is 20.4. The summed E-state index contributed by atoms with van der Waals surface area (Å²) < 4.78 is 0. The fourth-order valence-corrected chi connectivity index (χ4v) is 3.65. The Balaban J connectivity index is 2.22. The van der Waals surface area contributed by atoms with Gasteiger partial charge in [-0.1, -0.05) is 36.4 Å². The van der Waals surface area contributed by atoms with Crippen LogP contribution in [-0.2, 0) is 0 Å². The van der Waals surface area contributed by atoms with Gasteiger partial charge in [-0.05, 0) is 78.1 Å². The molecule has 0 spiro atoms. The minimum absolute atomic E-state index is 0.0646. The highest BCUT2D eigenvalue weighted by molar-refractivity contribution is 5.60. The van der Waals surface area contributed by atoms with Crippen LogP contribution in [0.4, 0.5) is 11.4 Å². The Morgan fingerprint density at radius 3 is 1.81 bits per heavy atom. The molecule has 2 rings (SSSR count). The molecule has 2 nitrogen and oxygen atoms in total. The van der Waals surface area contributed by atoms with Crippen LogP contribution in [0.2, 0.25) is 0 Å². The van der Waals surface area contributed by atoms with E-state index in [0.717, 1.165) is 13.0 Å². The summed E-state index contributed by atoms with van der Waals surface area (Å²) in [4.78, 5) is 4.98. The number of anilines is 2. The number of aryl methyl sites for hydroxylation is 2. The number of para-hydroxylation sites is 2. The molecule has 0 bridgehead atoms. The summed E-state index contributed by atoms with van der Waals surface area (Å²) >= 11 is 0. The lowest BCUT2D eigenvalue weighted by Gasteiger charge is -2.44. The third-order valence-electron chi connectivity index (χ3n) is 5.51. The van der Waals surface area contributed by atoms with E-state index in [4.69, 9.17) is 0 Å². The van der Waals surface area contributed by atoms with Crippen molar-refractivity contribution in [3.63, 3.8) is 0 Å². The third-order valence-corrected chi connectivity index (χ3v) is 5.51. The van der Waals surface area contributed by atoms with Gasteiger partial charge in [0.15, 0.2) is 0 Å². The van der Waals surface area contributed by atoms with Crippen molar-refractivity contribution in [3.8, 4) is 0 Å². The van der Waals surface area contributed by atoms with Gasteiger partial charge in [0.2, 0.25) is 0 Å². The van der Waals surface area contributed by atoms with E-state index in [1.165, 1.54) is 22.5 Å². The van der Waals surface area contributed by atoms with E-state index in [-0.39, 0.29) is 11.1 Å². The van der Waals surface area contributed by atoms with E-state index < -0.39 is 0 Å². The largest absolute Gasteiger partial charge is 0.369 e. The first-order valence-corrected chi connectivity index (χ1v) is 9.67. The minimum atomic E-state index is 0.0646. The zero-order valence-corrected chi connectivity index (χ0v) is 17.9. The molecule has 0 aliphatic rings. The Morgan fingerprint density at radius 1 is 0.769 bits per heavy atom. The number of hydrogen-bond donors (Lipinski definition) is 0. The van der Waals surface area contributed by atoms with Gasteiger partial charge in [0.1, 0.15) is 0 Å². The highest BCUT2D eigenvalue weighted by Gasteiger charge is 2.29. The van der Waals surface area contributed by atoms with Gasteiger partial charge in [-0.15, -0.1) is 0 Å². The molecule has 2 aromatic rings. The number of nitrogens with zero attached hydrogens (tertiary/aromatic N) is 2. The van der Waals surface area contributed by atoms with E-state index in [1.807, 2.05) is 0 Å². The minimum Gasteiger partial charge on any atom is -0.369 e. The van der Waals surface area contributed by atoms with Crippen molar-refractivity contribution in [2.75, 3.05) is 23.4 Å². The molecule has 0 fully saturated rings. The molecule has 0 amide bonds. The van der Waals surface area contributed by atoms with Crippen LogP contribution in [0.15, 0.2) is 48.5 Å². The van der Waals surface area contributed by atoms with E-state index in [9.17, 15) is 0 Å². The van der Waals surface area contributed by atoms with E-state index >= 15 is 0 Å². The smallest absolute Gasteiger partial charge is 0.0427 e. The van der Waals surface area contributed by atoms with E-state index in [0.29, 0.717) is 0 Å². The van der Waals surface area contributed by atoms with Gasteiger partial charge in [-0.2, -0.15) is 0 Å². The maximum atomic E-state index is 2.52. The molecule has 0 unspecified atom stereocenters. The van der Waals surface area contributed by atoms with E-state index in [1.54, 1.807) is 0 Å². The summed E-state index contributed by atoms with van der Waals surface area (Å²) in [7, 11) is 2.24. The molecule has 0 aromatic heterocycles. The SMILES string of the molecule is Cc1cccc(C)c1N(C)C(C)(C)CCN(c1ccccc1)C(C)(C)C. The Hall–Kier alpha value is -1.96. The van der Waals surface area contributed by atoms with Crippen LogP contribution >= 0.6 is 0 Å². The van der Waals surface area contributed by atoms with Crippen molar-refractivity contribution in [3.05, 3.63) is 59.7 Å². The highest BCUT2D eigenvalue weighted by atomic mass is 15.2. The predicted octanol–water partition coefficient (Wildman–Crippen LogP) is 6.21. The second-order valence-electron chi connectivity index (χ2n) is 9.02. The molecular formula is C24H36N2. The molecule has 2 heteroatoms. The second-order valence-corrected chi connectivity index (χ2v) is 9.02. The average molecular weight is 353 g/mol. The van der Waals surface area contributed by atoms with Gasteiger partial charge in [0.05, 0.1) is 0 Å². The normalized spacial score (nSPS) is 12.2. The van der Waals surface area contributed by atoms with Crippen molar-refractivity contribution in [2.45, 2.75) is 66.0 Å². The molecule has 142 valence electrons. The fraction of sp³-hybridized carbons (Fsp3) is 0.500. The van der Waals surface area contributed by atoms with Crippen LogP contribution in [-0.4, -0.2) is 24.7 Å². The third kappa shape index (κ3) is 4.60. The quantitative estimate of drug-likeness (QED) is 0.609. The van der Waals surface area contributed by atoms with Crippen molar-refractivity contribution < 1.29 is 0 Å². The number of rotatable bonds is 6. The Morgan fingerprint density at radius 2 is 1.31 bits per heavy atom. The maximum Gasteiger partial charge on any atom is 0.0427 e. The molecule has 0 aliphatic carbocycles. The van der Waals surface area contributed by atoms with Crippen molar-refractivity contribution in [1.29, 1.82) is 0 Å². The molecule has 26 heavy (non-hydrogen) atoms. The lowest BCUT2D eigenvalue weighted by Crippen LogP contribution is -2.48. The topological polar surface area (TPSA) is 6.48 Å². The molecule has 0 radical (unpaired) electrons. The van der Waals surface area contributed by atoms with E-state index in [2.05, 4.69) is 114 Å². The molecule has 0 aliphatic heterocycles. The predicted molar refractivity (Wildman–Crippen MR) is 117 cm³/mol. The molecular weight excluding hydrogens is 316 g/mol. The Labute approximate surface area is 160 Å². The average Bonchev–Trinajstić information content (AvgIpc) is 2.54. The molecule has 0 atom stereocenters. The first-order chi connectivity index (χ1) is 12.0. The van der Waals surface area contributed by atoms with Crippen LogP contribution in [0.3, 0.4) is 0 Å². The lowest BCUT2D eigenvalue weighted by atomic mass is 9.93. The van der Waals surface area contributed by atoms with Gasteiger partial charge in [-0.25, -0.2) is 0 Å². The summed E-state index contributed by atoms with van der Waals surface area (Å²) in [5.74, 6) is 0. The summed E-state index contributed by atoms with van der Waals surface area (Å²) in [5.41, 5.74) is 5.50. The van der Waals surface area contributed by atoms with Crippen LogP contribution in [0.25, 0.3) is 0 Å².